The smallest absolute Gasteiger partial charge is 0.242 e. The number of amides is 2. The first kappa shape index (κ1) is 33.9. The summed E-state index contributed by atoms with van der Waals surface area (Å²) in [5, 5.41) is 19.0. The number of carbonyl (C=O) groups excluding carboxylic acids is 2. The number of ether oxygens (including phenoxy) is 2. The molecule has 5 aromatic rings. The Kier molecular flexibility index (Phi) is 11.0. The van der Waals surface area contributed by atoms with Crippen molar-refractivity contribution in [2.24, 2.45) is 11.7 Å². The quantitative estimate of drug-likeness (QED) is 0.108. The van der Waals surface area contributed by atoms with Gasteiger partial charge < -0.3 is 25.8 Å². The van der Waals surface area contributed by atoms with Gasteiger partial charge >= 0.3 is 0 Å². The molecule has 1 aliphatic rings. The second kappa shape index (κ2) is 16.0. The maximum absolute atomic E-state index is 12.9. The lowest BCUT2D eigenvalue weighted by Crippen LogP contribution is -2.47. The van der Waals surface area contributed by atoms with Crippen LogP contribution in [0.2, 0.25) is 0 Å². The van der Waals surface area contributed by atoms with Crippen LogP contribution in [0.5, 0.6) is 11.5 Å². The first-order valence-electron chi connectivity index (χ1n) is 17.4. The highest BCUT2D eigenvalue weighted by Crippen LogP contribution is 2.45. The normalized spacial score (nSPS) is 15.1. The minimum Gasteiger partial charge on any atom is -0.493 e. The van der Waals surface area contributed by atoms with Crippen LogP contribution in [-0.4, -0.2) is 52.0 Å². The van der Waals surface area contributed by atoms with Gasteiger partial charge in [-0.3, -0.25) is 14.3 Å². The minimum absolute atomic E-state index is 0.0920. The Morgan fingerprint density at radius 3 is 2.24 bits per heavy atom. The number of hydrogen-bond donors (Lipinski definition) is 3. The van der Waals surface area contributed by atoms with E-state index in [-0.39, 0.29) is 24.5 Å². The highest BCUT2D eigenvalue weighted by molar-refractivity contribution is 6.09. The fourth-order valence-corrected chi connectivity index (χ4v) is 6.39. The van der Waals surface area contributed by atoms with Crippen molar-refractivity contribution in [3.63, 3.8) is 0 Å². The Morgan fingerprint density at radius 1 is 0.939 bits per heavy atom. The summed E-state index contributed by atoms with van der Waals surface area (Å²) in [6.45, 7) is 6.26. The molecule has 4 N–H and O–H groups in total. The molecule has 10 nitrogen and oxygen atoms in total. The van der Waals surface area contributed by atoms with Crippen LogP contribution in [0.4, 0.5) is 0 Å². The second-order valence-electron chi connectivity index (χ2n) is 13.2. The number of benzene rings is 4. The summed E-state index contributed by atoms with van der Waals surface area (Å²) in [6, 6.07) is 24.3. The van der Waals surface area contributed by atoms with Gasteiger partial charge in [-0.2, -0.15) is 0 Å². The molecule has 2 heterocycles. The summed E-state index contributed by atoms with van der Waals surface area (Å²) in [7, 11) is 0. The van der Waals surface area contributed by atoms with Crippen LogP contribution in [-0.2, 0) is 22.7 Å². The van der Waals surface area contributed by atoms with Crippen molar-refractivity contribution in [1.82, 2.24) is 25.6 Å². The number of fused-ring (bicyclic) bond motifs is 2. The third kappa shape index (κ3) is 8.37. The highest BCUT2D eigenvalue weighted by atomic mass is 16.5. The zero-order chi connectivity index (χ0) is 34.2. The Labute approximate surface area is 287 Å². The average Bonchev–Trinajstić information content (AvgIpc) is 3.75. The molecule has 0 spiro atoms. The van der Waals surface area contributed by atoms with Gasteiger partial charge in [0.25, 0.3) is 0 Å². The number of nitrogens with one attached hydrogen (secondary N) is 2. The van der Waals surface area contributed by atoms with E-state index in [1.807, 2.05) is 18.3 Å². The Bertz CT molecular complexity index is 1900. The number of aromatic nitrogens is 3. The molecule has 1 aliphatic heterocycles. The average molecular weight is 663 g/mol. The number of carbonyl (C=O) groups is 2. The molecule has 6 rings (SSSR count). The van der Waals surface area contributed by atoms with E-state index in [2.05, 4.69) is 95.5 Å². The summed E-state index contributed by atoms with van der Waals surface area (Å²) >= 11 is 0. The van der Waals surface area contributed by atoms with Crippen molar-refractivity contribution < 1.29 is 19.1 Å². The van der Waals surface area contributed by atoms with E-state index in [9.17, 15) is 9.59 Å². The van der Waals surface area contributed by atoms with Crippen molar-refractivity contribution in [3.8, 4) is 22.6 Å². The van der Waals surface area contributed by atoms with E-state index in [4.69, 9.17) is 15.2 Å². The van der Waals surface area contributed by atoms with Crippen LogP contribution in [0.3, 0.4) is 0 Å². The van der Waals surface area contributed by atoms with Gasteiger partial charge in [0, 0.05) is 23.6 Å². The topological polar surface area (TPSA) is 133 Å². The van der Waals surface area contributed by atoms with Crippen molar-refractivity contribution >= 4 is 33.4 Å². The highest BCUT2D eigenvalue weighted by Gasteiger charge is 2.29. The van der Waals surface area contributed by atoms with Crippen molar-refractivity contribution in [1.29, 1.82) is 0 Å². The SMILES string of the molecule is CC(C)CCOc1ccc2ccccc2c1-c1c(OCc2cn(C[C@@H](CCCCN)NC(=O)[C@@H]3CCC(=O)N3)nn2)ccc2ccccc12. The maximum Gasteiger partial charge on any atom is 0.242 e. The molecule has 10 heteroatoms. The molecule has 2 atom stereocenters. The predicted octanol–water partition coefficient (Wildman–Crippen LogP) is 6.15. The van der Waals surface area contributed by atoms with Crippen LogP contribution in [0, 0.1) is 5.92 Å². The molecule has 0 radical (unpaired) electrons. The van der Waals surface area contributed by atoms with Gasteiger partial charge in [-0.1, -0.05) is 86.1 Å². The third-order valence-corrected chi connectivity index (χ3v) is 9.02. The van der Waals surface area contributed by atoms with E-state index in [0.29, 0.717) is 44.1 Å². The van der Waals surface area contributed by atoms with E-state index in [1.165, 1.54) is 0 Å². The fraction of sp³-hybridized carbons (Fsp3) is 0.385. The van der Waals surface area contributed by atoms with Crippen LogP contribution in [0.1, 0.15) is 58.1 Å². The summed E-state index contributed by atoms with van der Waals surface area (Å²) < 4.78 is 14.8. The molecule has 256 valence electrons. The van der Waals surface area contributed by atoms with Crippen LogP contribution in [0.25, 0.3) is 32.7 Å². The molecule has 0 bridgehead atoms. The van der Waals surface area contributed by atoms with E-state index < -0.39 is 6.04 Å². The van der Waals surface area contributed by atoms with Crippen LogP contribution in [0.15, 0.2) is 79.0 Å². The third-order valence-electron chi connectivity index (χ3n) is 9.02. The second-order valence-corrected chi connectivity index (χ2v) is 13.2. The summed E-state index contributed by atoms with van der Waals surface area (Å²) in [5.41, 5.74) is 8.38. The number of nitrogens with zero attached hydrogens (tertiary/aromatic N) is 3. The summed E-state index contributed by atoms with van der Waals surface area (Å²) in [5.74, 6) is 1.82. The maximum atomic E-state index is 12.9. The molecular weight excluding hydrogens is 616 g/mol. The number of rotatable bonds is 16. The fourth-order valence-electron chi connectivity index (χ4n) is 6.39. The minimum atomic E-state index is -0.497. The molecule has 1 aromatic heterocycles. The van der Waals surface area contributed by atoms with Gasteiger partial charge in [0.1, 0.15) is 29.8 Å². The summed E-state index contributed by atoms with van der Waals surface area (Å²) in [4.78, 5) is 24.6. The molecule has 49 heavy (non-hydrogen) atoms. The molecular formula is C39H46N6O4. The number of unbranched alkanes of at least 4 members (excludes halogenated alkanes) is 1. The van der Waals surface area contributed by atoms with Crippen molar-refractivity contribution in [3.05, 3.63) is 84.7 Å². The van der Waals surface area contributed by atoms with E-state index >= 15 is 0 Å². The van der Waals surface area contributed by atoms with Gasteiger partial charge in [0.05, 0.1) is 19.3 Å². The van der Waals surface area contributed by atoms with Gasteiger partial charge in [0.2, 0.25) is 11.8 Å². The molecule has 0 saturated carbocycles. The van der Waals surface area contributed by atoms with Gasteiger partial charge in [0.15, 0.2) is 0 Å². The molecule has 1 saturated heterocycles. The molecule has 2 amide bonds. The summed E-state index contributed by atoms with van der Waals surface area (Å²) in [6.07, 6.45) is 6.15. The van der Waals surface area contributed by atoms with Gasteiger partial charge in [-0.25, -0.2) is 0 Å². The first-order valence-corrected chi connectivity index (χ1v) is 17.4. The lowest BCUT2D eigenvalue weighted by molar-refractivity contribution is -0.126. The lowest BCUT2D eigenvalue weighted by atomic mass is 9.92. The number of nitrogens with two attached hydrogens (primary N) is 1. The van der Waals surface area contributed by atoms with E-state index in [1.54, 1.807) is 4.68 Å². The largest absolute Gasteiger partial charge is 0.493 e. The lowest BCUT2D eigenvalue weighted by Gasteiger charge is -2.21. The van der Waals surface area contributed by atoms with Crippen molar-refractivity contribution in [2.75, 3.05) is 13.2 Å². The van der Waals surface area contributed by atoms with Gasteiger partial charge in [-0.05, 0) is 71.8 Å². The predicted molar refractivity (Wildman–Crippen MR) is 192 cm³/mol. The van der Waals surface area contributed by atoms with Gasteiger partial charge in [-0.15, -0.1) is 5.10 Å². The monoisotopic (exact) mass is 662 g/mol. The standard InChI is InChI=1S/C39H46N6O4/c1-26(2)20-22-48-34-17-14-27-9-3-5-12-31(27)37(34)38-32-13-6-4-10-28(32)15-18-35(38)49-25-30-24-45(44-43-30)23-29(11-7-8-21-40)41-39(47)33-16-19-36(46)42-33/h3-6,9-10,12-15,17-18,24,26,29,33H,7-8,11,16,19-23,25,40H2,1-2H3,(H,41,47)(H,42,46)/t29-,33+/m1/s1. The van der Waals surface area contributed by atoms with Crippen LogP contribution < -0.4 is 25.8 Å². The van der Waals surface area contributed by atoms with E-state index in [0.717, 1.165) is 69.9 Å². The molecule has 4 aromatic carbocycles. The molecule has 0 unspecified atom stereocenters. The van der Waals surface area contributed by atoms with Crippen molar-refractivity contribution in [2.45, 2.75) is 77.6 Å². The Hall–Kier alpha value is -4.96. The zero-order valence-corrected chi connectivity index (χ0v) is 28.4. The molecule has 1 fully saturated rings. The molecule has 0 aliphatic carbocycles. The van der Waals surface area contributed by atoms with Crippen LogP contribution >= 0.6 is 0 Å². The Morgan fingerprint density at radius 2 is 1.61 bits per heavy atom. The Balaban J connectivity index is 1.26. The number of hydrogen-bond acceptors (Lipinski definition) is 7. The first-order chi connectivity index (χ1) is 23.9. The zero-order valence-electron chi connectivity index (χ0n) is 28.4.